The molecule has 1 amide bonds. The summed E-state index contributed by atoms with van der Waals surface area (Å²) in [6, 6.07) is 7.24. The third-order valence-electron chi connectivity index (χ3n) is 3.13. The lowest BCUT2D eigenvalue weighted by Gasteiger charge is -2.15. The quantitative estimate of drug-likeness (QED) is 0.569. The number of thiocarbonyl (C=S) groups is 1. The molecule has 1 aromatic heterocycles. The number of rotatable bonds is 3. The molecule has 3 rings (SSSR count). The van der Waals surface area contributed by atoms with Crippen LogP contribution in [0.2, 0.25) is 0 Å². The van der Waals surface area contributed by atoms with Crippen LogP contribution in [0.1, 0.15) is 16.1 Å². The van der Waals surface area contributed by atoms with Crippen molar-refractivity contribution in [2.24, 2.45) is 0 Å². The van der Waals surface area contributed by atoms with Crippen molar-refractivity contribution in [3.8, 4) is 5.75 Å². The highest BCUT2D eigenvalue weighted by molar-refractivity contribution is 9.10. The number of benzene rings is 1. The number of aromatic carboxylic acids is 1. The number of nitrogens with zero attached hydrogens (tertiary/aromatic N) is 1. The molecule has 1 aliphatic rings. The largest absolute Gasteiger partial charge is 0.507 e. The van der Waals surface area contributed by atoms with Gasteiger partial charge in [0, 0.05) is 12.1 Å². The molecule has 9 heteroatoms. The van der Waals surface area contributed by atoms with Gasteiger partial charge in [-0.2, -0.15) is 0 Å². The van der Waals surface area contributed by atoms with Crippen LogP contribution in [-0.2, 0) is 4.79 Å². The first-order valence-corrected chi connectivity index (χ1v) is 8.48. The van der Waals surface area contributed by atoms with Gasteiger partial charge in [-0.15, -0.1) is 0 Å². The van der Waals surface area contributed by atoms with E-state index >= 15 is 0 Å². The molecule has 2 N–H and O–H groups in total. The smallest absolute Gasteiger partial charge is 0.339 e. The summed E-state index contributed by atoms with van der Waals surface area (Å²) in [4.78, 5) is 25.1. The van der Waals surface area contributed by atoms with Crippen LogP contribution in [0.5, 0.6) is 5.75 Å². The van der Waals surface area contributed by atoms with Crippen LogP contribution in [0.25, 0.3) is 6.08 Å². The van der Waals surface area contributed by atoms with Crippen LogP contribution in [-0.4, -0.2) is 26.4 Å². The van der Waals surface area contributed by atoms with Gasteiger partial charge >= 0.3 is 5.97 Å². The van der Waals surface area contributed by atoms with Gasteiger partial charge in [0.2, 0.25) is 0 Å². The fourth-order valence-corrected chi connectivity index (χ4v) is 3.66. The van der Waals surface area contributed by atoms with Gasteiger partial charge in [0.15, 0.2) is 8.99 Å². The van der Waals surface area contributed by atoms with Crippen LogP contribution < -0.4 is 4.90 Å². The molecule has 2 heterocycles. The summed E-state index contributed by atoms with van der Waals surface area (Å²) in [5.74, 6) is -1.58. The van der Waals surface area contributed by atoms with Crippen molar-refractivity contribution in [3.63, 3.8) is 0 Å². The molecule has 1 saturated heterocycles. The lowest BCUT2D eigenvalue weighted by Crippen LogP contribution is -2.27. The van der Waals surface area contributed by atoms with E-state index in [-0.39, 0.29) is 15.8 Å². The molecule has 6 nitrogen and oxygen atoms in total. The molecule has 24 heavy (non-hydrogen) atoms. The van der Waals surface area contributed by atoms with Gasteiger partial charge in [0.1, 0.15) is 17.1 Å². The Hall–Kier alpha value is -2.10. The van der Waals surface area contributed by atoms with Gasteiger partial charge < -0.3 is 14.6 Å². The first-order valence-electron chi connectivity index (χ1n) is 6.46. The summed E-state index contributed by atoms with van der Waals surface area (Å²) in [6.07, 6.45) is 1.57. The number of halogens is 1. The molecule has 2 aromatic rings. The number of hydrogen-bond acceptors (Lipinski definition) is 6. The zero-order valence-electron chi connectivity index (χ0n) is 11.7. The maximum absolute atomic E-state index is 12.6. The van der Waals surface area contributed by atoms with Crippen molar-refractivity contribution in [2.75, 3.05) is 4.90 Å². The molecular formula is C15H8BrNO5S2. The maximum Gasteiger partial charge on any atom is 0.339 e. The van der Waals surface area contributed by atoms with Gasteiger partial charge in [-0.05, 0) is 40.2 Å². The molecule has 0 atom stereocenters. The second kappa shape index (κ2) is 6.42. The second-order valence-electron chi connectivity index (χ2n) is 4.67. The topological polar surface area (TPSA) is 91.0 Å². The highest BCUT2D eigenvalue weighted by Crippen LogP contribution is 2.37. The number of carboxylic acid groups (broad SMARTS) is 1. The van der Waals surface area contributed by atoms with E-state index in [1.807, 2.05) is 0 Å². The van der Waals surface area contributed by atoms with Gasteiger partial charge in [0.05, 0.1) is 10.6 Å². The Morgan fingerprint density at radius 2 is 2.08 bits per heavy atom. The van der Waals surface area contributed by atoms with Crippen LogP contribution >= 0.6 is 39.9 Å². The number of carbonyl (C=O) groups is 2. The minimum atomic E-state index is -1.26. The SMILES string of the molecule is O=C(O)c1ccc(N2C(=O)/C(=C\c3ccc(Br)o3)SC2=S)cc1O. The summed E-state index contributed by atoms with van der Waals surface area (Å²) >= 11 is 9.49. The summed E-state index contributed by atoms with van der Waals surface area (Å²) in [7, 11) is 0. The van der Waals surface area contributed by atoms with Crippen molar-refractivity contribution >= 4 is 67.9 Å². The Labute approximate surface area is 153 Å². The Morgan fingerprint density at radius 1 is 1.33 bits per heavy atom. The van der Waals surface area contributed by atoms with E-state index in [0.717, 1.165) is 11.8 Å². The average Bonchev–Trinajstić information content (AvgIpc) is 3.02. The highest BCUT2D eigenvalue weighted by Gasteiger charge is 2.34. The lowest BCUT2D eigenvalue weighted by atomic mass is 10.1. The molecule has 0 aliphatic carbocycles. The molecule has 0 saturated carbocycles. The van der Waals surface area contributed by atoms with E-state index < -0.39 is 11.7 Å². The molecule has 0 radical (unpaired) electrons. The molecule has 1 aliphatic heterocycles. The average molecular weight is 426 g/mol. The predicted molar refractivity (Wildman–Crippen MR) is 97.1 cm³/mol. The Morgan fingerprint density at radius 3 is 2.67 bits per heavy atom. The van der Waals surface area contributed by atoms with E-state index in [1.54, 1.807) is 18.2 Å². The second-order valence-corrected chi connectivity index (χ2v) is 7.12. The number of aromatic hydroxyl groups is 1. The Kier molecular flexibility index (Phi) is 4.48. The normalized spacial score (nSPS) is 16.2. The summed E-state index contributed by atoms with van der Waals surface area (Å²) in [6.45, 7) is 0. The monoisotopic (exact) mass is 425 g/mol. The number of thioether (sulfide) groups is 1. The zero-order valence-corrected chi connectivity index (χ0v) is 14.9. The van der Waals surface area contributed by atoms with E-state index in [4.69, 9.17) is 21.7 Å². The van der Waals surface area contributed by atoms with Gasteiger partial charge in [0.25, 0.3) is 5.91 Å². The van der Waals surface area contributed by atoms with Crippen molar-refractivity contribution in [2.45, 2.75) is 0 Å². The third-order valence-corrected chi connectivity index (χ3v) is 4.86. The van der Waals surface area contributed by atoms with Crippen LogP contribution in [0, 0.1) is 0 Å². The fourth-order valence-electron chi connectivity index (χ4n) is 2.07. The third kappa shape index (κ3) is 3.10. The van der Waals surface area contributed by atoms with E-state index in [9.17, 15) is 14.7 Å². The minimum absolute atomic E-state index is 0.250. The Balaban J connectivity index is 1.94. The number of hydrogen-bond donors (Lipinski definition) is 2. The van der Waals surface area contributed by atoms with Gasteiger partial charge in [-0.25, -0.2) is 4.79 Å². The molecule has 0 spiro atoms. The first kappa shape index (κ1) is 16.7. The number of phenols is 1. The summed E-state index contributed by atoms with van der Waals surface area (Å²) in [5.41, 5.74) is 0.0456. The fraction of sp³-hybridized carbons (Fsp3) is 0. The van der Waals surface area contributed by atoms with Crippen LogP contribution in [0.4, 0.5) is 5.69 Å². The first-order chi connectivity index (χ1) is 11.4. The number of anilines is 1. The van der Waals surface area contributed by atoms with Crippen LogP contribution in [0.15, 0.2) is 44.3 Å². The highest BCUT2D eigenvalue weighted by atomic mass is 79.9. The molecule has 0 unspecified atom stereocenters. The zero-order chi connectivity index (χ0) is 17.4. The predicted octanol–water partition coefficient (Wildman–Crippen LogP) is 3.85. The van der Waals surface area contributed by atoms with E-state index in [2.05, 4.69) is 15.9 Å². The summed E-state index contributed by atoms with van der Waals surface area (Å²) in [5, 5.41) is 18.7. The molecule has 0 bridgehead atoms. The number of furan rings is 1. The molecule has 1 aromatic carbocycles. The van der Waals surface area contributed by atoms with Crippen molar-refractivity contribution in [1.29, 1.82) is 0 Å². The van der Waals surface area contributed by atoms with Crippen molar-refractivity contribution < 1.29 is 24.2 Å². The maximum atomic E-state index is 12.6. The van der Waals surface area contributed by atoms with Gasteiger partial charge in [-0.3, -0.25) is 9.69 Å². The van der Waals surface area contributed by atoms with E-state index in [0.29, 0.717) is 21.0 Å². The molecular weight excluding hydrogens is 418 g/mol. The number of carboxylic acids is 1. The number of carbonyl (C=O) groups excluding carboxylic acids is 1. The molecule has 122 valence electrons. The van der Waals surface area contributed by atoms with Crippen molar-refractivity contribution in [1.82, 2.24) is 0 Å². The lowest BCUT2D eigenvalue weighted by molar-refractivity contribution is -0.113. The summed E-state index contributed by atoms with van der Waals surface area (Å²) < 4.78 is 6.16. The molecule has 1 fully saturated rings. The number of amides is 1. The minimum Gasteiger partial charge on any atom is -0.507 e. The standard InChI is InChI=1S/C15H8BrNO5S2/c16-12-4-2-8(22-12)6-11-13(19)17(15(23)24-11)7-1-3-9(14(20)21)10(18)5-7/h1-6,18H,(H,20,21)/b11-6+. The van der Waals surface area contributed by atoms with E-state index in [1.165, 1.54) is 23.1 Å². The Bertz CT molecular complexity index is 905. The van der Waals surface area contributed by atoms with Crippen molar-refractivity contribution in [3.05, 3.63) is 51.2 Å². The van der Waals surface area contributed by atoms with Gasteiger partial charge in [-0.1, -0.05) is 24.0 Å². The van der Waals surface area contributed by atoms with Crippen LogP contribution in [0.3, 0.4) is 0 Å².